The lowest BCUT2D eigenvalue weighted by atomic mass is 10.1. The van der Waals surface area contributed by atoms with Crippen molar-refractivity contribution in [2.24, 2.45) is 0 Å². The van der Waals surface area contributed by atoms with Crippen molar-refractivity contribution in [3.8, 4) is 5.69 Å². The SMILES string of the molecule is CC(NCc1ccccc1-n1cccn1)c1cscn1. The molecule has 0 aliphatic heterocycles. The first kappa shape index (κ1) is 13.0. The first-order valence-electron chi connectivity index (χ1n) is 6.54. The number of aromatic nitrogens is 3. The molecule has 1 aromatic carbocycles. The molecular weight excluding hydrogens is 268 g/mol. The summed E-state index contributed by atoms with van der Waals surface area (Å²) < 4.78 is 1.89. The van der Waals surface area contributed by atoms with Gasteiger partial charge in [-0.05, 0) is 24.6 Å². The number of rotatable bonds is 5. The number of hydrogen-bond donors (Lipinski definition) is 1. The molecule has 0 fully saturated rings. The number of hydrogen-bond acceptors (Lipinski definition) is 4. The van der Waals surface area contributed by atoms with Gasteiger partial charge in [0, 0.05) is 30.4 Å². The van der Waals surface area contributed by atoms with Crippen molar-refractivity contribution in [1.82, 2.24) is 20.1 Å². The molecule has 2 heterocycles. The van der Waals surface area contributed by atoms with Crippen LogP contribution >= 0.6 is 11.3 Å². The van der Waals surface area contributed by atoms with Crippen LogP contribution in [0.25, 0.3) is 5.69 Å². The van der Waals surface area contributed by atoms with E-state index in [-0.39, 0.29) is 6.04 Å². The Bertz CT molecular complexity index is 646. The summed E-state index contributed by atoms with van der Waals surface area (Å²) >= 11 is 1.63. The summed E-state index contributed by atoms with van der Waals surface area (Å²) in [4.78, 5) is 4.34. The smallest absolute Gasteiger partial charge is 0.0795 e. The Morgan fingerprint density at radius 2 is 2.20 bits per heavy atom. The average Bonchev–Trinajstić information content (AvgIpc) is 3.17. The molecule has 0 radical (unpaired) electrons. The molecule has 2 aromatic heterocycles. The van der Waals surface area contributed by atoms with Gasteiger partial charge < -0.3 is 5.32 Å². The summed E-state index contributed by atoms with van der Waals surface area (Å²) in [5.74, 6) is 0. The maximum Gasteiger partial charge on any atom is 0.0795 e. The first-order valence-corrected chi connectivity index (χ1v) is 7.48. The van der Waals surface area contributed by atoms with E-state index in [0.29, 0.717) is 0 Å². The number of nitrogens with one attached hydrogen (secondary N) is 1. The van der Waals surface area contributed by atoms with Crippen LogP contribution in [0.2, 0.25) is 0 Å². The van der Waals surface area contributed by atoms with Gasteiger partial charge in [-0.1, -0.05) is 18.2 Å². The Hall–Kier alpha value is -1.98. The van der Waals surface area contributed by atoms with Crippen LogP contribution in [0.15, 0.2) is 53.6 Å². The lowest BCUT2D eigenvalue weighted by molar-refractivity contribution is 0.562. The third-order valence-corrected chi connectivity index (χ3v) is 3.84. The van der Waals surface area contributed by atoms with E-state index >= 15 is 0 Å². The molecule has 3 aromatic rings. The van der Waals surface area contributed by atoms with Gasteiger partial charge in [0.05, 0.1) is 16.9 Å². The van der Waals surface area contributed by atoms with Crippen LogP contribution in [0.5, 0.6) is 0 Å². The van der Waals surface area contributed by atoms with Gasteiger partial charge in [-0.2, -0.15) is 5.10 Å². The second-order valence-corrected chi connectivity index (χ2v) is 5.31. The quantitative estimate of drug-likeness (QED) is 0.782. The van der Waals surface area contributed by atoms with E-state index in [0.717, 1.165) is 17.9 Å². The molecule has 20 heavy (non-hydrogen) atoms. The molecule has 1 unspecified atom stereocenters. The second kappa shape index (κ2) is 5.98. The van der Waals surface area contributed by atoms with Gasteiger partial charge in [0.15, 0.2) is 0 Å². The first-order chi connectivity index (χ1) is 9.84. The van der Waals surface area contributed by atoms with Gasteiger partial charge in [0.1, 0.15) is 0 Å². The molecule has 0 aliphatic carbocycles. The second-order valence-electron chi connectivity index (χ2n) is 4.60. The van der Waals surface area contributed by atoms with Crippen molar-refractivity contribution in [3.63, 3.8) is 0 Å². The lowest BCUT2D eigenvalue weighted by Crippen LogP contribution is -2.19. The van der Waals surface area contributed by atoms with E-state index in [1.165, 1.54) is 5.56 Å². The molecule has 0 saturated carbocycles. The predicted molar refractivity (Wildman–Crippen MR) is 80.9 cm³/mol. The number of thiazole rings is 1. The van der Waals surface area contributed by atoms with E-state index in [2.05, 4.69) is 45.9 Å². The topological polar surface area (TPSA) is 42.7 Å². The van der Waals surface area contributed by atoms with Gasteiger partial charge in [-0.3, -0.25) is 0 Å². The molecule has 0 amide bonds. The average molecular weight is 284 g/mol. The Balaban J connectivity index is 1.75. The summed E-state index contributed by atoms with van der Waals surface area (Å²) in [6, 6.07) is 10.5. The summed E-state index contributed by atoms with van der Waals surface area (Å²) in [6.07, 6.45) is 3.75. The normalized spacial score (nSPS) is 12.4. The maximum atomic E-state index is 4.34. The summed E-state index contributed by atoms with van der Waals surface area (Å²) in [6.45, 7) is 2.92. The molecule has 0 saturated heterocycles. The molecule has 0 spiro atoms. The van der Waals surface area contributed by atoms with Crippen molar-refractivity contribution in [2.45, 2.75) is 19.5 Å². The molecule has 0 bridgehead atoms. The standard InChI is InChI=1S/C15H16N4S/c1-12(14-10-20-11-17-14)16-9-13-5-2-3-6-15(13)19-8-4-7-18-19/h2-8,10-12,16H,9H2,1H3. The van der Waals surface area contributed by atoms with E-state index < -0.39 is 0 Å². The van der Waals surface area contributed by atoms with Crippen molar-refractivity contribution in [1.29, 1.82) is 0 Å². The van der Waals surface area contributed by atoms with Gasteiger partial charge >= 0.3 is 0 Å². The van der Waals surface area contributed by atoms with Crippen LogP contribution in [0.1, 0.15) is 24.2 Å². The van der Waals surface area contributed by atoms with Crippen LogP contribution < -0.4 is 5.32 Å². The van der Waals surface area contributed by atoms with Crippen molar-refractivity contribution in [3.05, 3.63) is 64.9 Å². The van der Waals surface area contributed by atoms with Crippen molar-refractivity contribution in [2.75, 3.05) is 0 Å². The Labute approximate surface area is 122 Å². The summed E-state index contributed by atoms with van der Waals surface area (Å²) in [5, 5.41) is 9.89. The van der Waals surface area contributed by atoms with Gasteiger partial charge in [-0.15, -0.1) is 11.3 Å². The fourth-order valence-electron chi connectivity index (χ4n) is 2.10. The monoisotopic (exact) mass is 284 g/mol. The van der Waals surface area contributed by atoms with Gasteiger partial charge in [-0.25, -0.2) is 9.67 Å². The minimum Gasteiger partial charge on any atom is -0.305 e. The number of para-hydroxylation sites is 1. The molecule has 4 nitrogen and oxygen atoms in total. The van der Waals surface area contributed by atoms with Crippen LogP contribution in [-0.2, 0) is 6.54 Å². The van der Waals surface area contributed by atoms with E-state index in [9.17, 15) is 0 Å². The van der Waals surface area contributed by atoms with Crippen LogP contribution in [0.3, 0.4) is 0 Å². The number of nitrogens with zero attached hydrogens (tertiary/aromatic N) is 3. The minimum absolute atomic E-state index is 0.243. The maximum absolute atomic E-state index is 4.34. The van der Waals surface area contributed by atoms with Gasteiger partial charge in [0.25, 0.3) is 0 Å². The largest absolute Gasteiger partial charge is 0.305 e. The fourth-order valence-corrected chi connectivity index (χ4v) is 2.75. The predicted octanol–water partition coefficient (Wildman–Crippen LogP) is 3.18. The Morgan fingerprint density at radius 1 is 1.30 bits per heavy atom. The van der Waals surface area contributed by atoms with Crippen LogP contribution in [0, 0.1) is 0 Å². The Kier molecular flexibility index (Phi) is 3.90. The third kappa shape index (κ3) is 2.79. The highest BCUT2D eigenvalue weighted by molar-refractivity contribution is 7.07. The van der Waals surface area contributed by atoms with Crippen LogP contribution in [-0.4, -0.2) is 14.8 Å². The fraction of sp³-hybridized carbons (Fsp3) is 0.200. The lowest BCUT2D eigenvalue weighted by Gasteiger charge is -2.14. The zero-order valence-electron chi connectivity index (χ0n) is 11.2. The molecular formula is C15H16N4S. The van der Waals surface area contributed by atoms with Crippen LogP contribution in [0.4, 0.5) is 0 Å². The number of benzene rings is 1. The molecule has 0 aliphatic rings. The van der Waals surface area contributed by atoms with Gasteiger partial charge in [0.2, 0.25) is 0 Å². The zero-order valence-corrected chi connectivity index (χ0v) is 12.0. The highest BCUT2D eigenvalue weighted by Gasteiger charge is 2.09. The van der Waals surface area contributed by atoms with E-state index in [1.54, 1.807) is 17.5 Å². The minimum atomic E-state index is 0.243. The Morgan fingerprint density at radius 3 is 2.95 bits per heavy atom. The molecule has 1 atom stereocenters. The summed E-state index contributed by atoms with van der Waals surface area (Å²) in [7, 11) is 0. The van der Waals surface area contributed by atoms with Crippen molar-refractivity contribution < 1.29 is 0 Å². The third-order valence-electron chi connectivity index (χ3n) is 3.24. The van der Waals surface area contributed by atoms with E-state index in [4.69, 9.17) is 0 Å². The molecule has 3 rings (SSSR count). The summed E-state index contributed by atoms with van der Waals surface area (Å²) in [5.41, 5.74) is 5.28. The zero-order chi connectivity index (χ0) is 13.8. The van der Waals surface area contributed by atoms with Crippen molar-refractivity contribution >= 4 is 11.3 Å². The molecule has 5 heteroatoms. The van der Waals surface area contributed by atoms with E-state index in [1.807, 2.05) is 28.5 Å². The molecule has 102 valence electrons. The highest BCUT2D eigenvalue weighted by Crippen LogP contribution is 2.16. The molecule has 1 N–H and O–H groups in total. The highest BCUT2D eigenvalue weighted by atomic mass is 32.1.